The SMILES string of the molecule is COC(=O)[C@@H]1[C@H](O)[C@H](C)[C@H](O)O[C@@H]1[C@H](C)[C@H](O)[C@H](C)/C=C/C=C(\C)C(=O)Nc1c(C)c(OC(C)=O)c2c(c1O)C(=O)C(C)=C1OCOC(/C(C)=C\C(C)=O)=C12. The minimum absolute atomic E-state index is 0.00756. The number of benzene rings is 1. The molecule has 2 heterocycles. The smallest absolute Gasteiger partial charge is 0.313 e. The summed E-state index contributed by atoms with van der Waals surface area (Å²) in [6.45, 7) is 13.2. The zero-order valence-electron chi connectivity index (χ0n) is 32.5. The molecule has 1 amide bonds. The van der Waals surface area contributed by atoms with Crippen molar-refractivity contribution in [2.75, 3.05) is 19.2 Å². The Hall–Kier alpha value is -5.09. The van der Waals surface area contributed by atoms with Crippen molar-refractivity contribution in [2.24, 2.45) is 23.7 Å². The number of ketones is 2. The van der Waals surface area contributed by atoms with E-state index in [0.717, 1.165) is 6.92 Å². The number of amides is 1. The van der Waals surface area contributed by atoms with Crippen molar-refractivity contribution in [3.05, 3.63) is 69.2 Å². The van der Waals surface area contributed by atoms with Crippen LogP contribution < -0.4 is 10.1 Å². The van der Waals surface area contributed by atoms with Gasteiger partial charge < -0.3 is 49.4 Å². The quantitative estimate of drug-likeness (QED) is 0.0708. The summed E-state index contributed by atoms with van der Waals surface area (Å²) < 4.78 is 27.6. The Labute approximate surface area is 318 Å². The highest BCUT2D eigenvalue weighted by atomic mass is 16.7. The molecule has 1 aromatic rings. The van der Waals surface area contributed by atoms with Gasteiger partial charge >= 0.3 is 11.9 Å². The molecule has 0 radical (unpaired) electrons. The number of allylic oxidation sites excluding steroid dienone is 6. The van der Waals surface area contributed by atoms with Gasteiger partial charge in [-0.15, -0.1) is 0 Å². The van der Waals surface area contributed by atoms with Crippen molar-refractivity contribution in [1.82, 2.24) is 0 Å². The Morgan fingerprint density at radius 1 is 1.02 bits per heavy atom. The summed E-state index contributed by atoms with van der Waals surface area (Å²) in [5.41, 5.74) is 0.454. The van der Waals surface area contributed by atoms with Gasteiger partial charge in [-0.05, 0) is 46.3 Å². The van der Waals surface area contributed by atoms with Gasteiger partial charge in [-0.1, -0.05) is 39.0 Å². The first-order valence-corrected chi connectivity index (χ1v) is 17.7. The van der Waals surface area contributed by atoms with Crippen molar-refractivity contribution in [3.63, 3.8) is 0 Å². The Balaban J connectivity index is 1.66. The molecule has 0 aromatic heterocycles. The lowest BCUT2D eigenvalue weighted by Gasteiger charge is -2.44. The van der Waals surface area contributed by atoms with Crippen LogP contribution in [0.4, 0.5) is 5.69 Å². The number of nitrogens with one attached hydrogen (secondary N) is 1. The van der Waals surface area contributed by atoms with Crippen molar-refractivity contribution in [3.8, 4) is 11.5 Å². The summed E-state index contributed by atoms with van der Waals surface area (Å²) in [7, 11) is 1.17. The van der Waals surface area contributed by atoms with Crippen LogP contribution in [0.5, 0.6) is 11.5 Å². The zero-order valence-corrected chi connectivity index (χ0v) is 32.5. The van der Waals surface area contributed by atoms with Crippen LogP contribution in [0.1, 0.15) is 76.9 Å². The number of rotatable bonds is 11. The van der Waals surface area contributed by atoms with Crippen molar-refractivity contribution < 1.29 is 68.1 Å². The molecule has 8 atom stereocenters. The van der Waals surface area contributed by atoms with Crippen molar-refractivity contribution in [1.29, 1.82) is 0 Å². The average molecular weight is 768 g/mol. The largest absolute Gasteiger partial charge is 0.505 e. The van der Waals surface area contributed by atoms with Crippen LogP contribution in [-0.2, 0) is 38.1 Å². The molecule has 4 rings (SSSR count). The van der Waals surface area contributed by atoms with Crippen molar-refractivity contribution >= 4 is 40.7 Å². The highest BCUT2D eigenvalue weighted by Gasteiger charge is 2.50. The maximum Gasteiger partial charge on any atom is 0.313 e. The Morgan fingerprint density at radius 2 is 1.67 bits per heavy atom. The van der Waals surface area contributed by atoms with E-state index in [4.69, 9.17) is 23.7 Å². The molecule has 298 valence electrons. The lowest BCUT2D eigenvalue weighted by Crippen LogP contribution is -2.57. The third-order valence-electron chi connectivity index (χ3n) is 10.1. The van der Waals surface area contributed by atoms with Crippen LogP contribution in [0.15, 0.2) is 52.5 Å². The van der Waals surface area contributed by atoms with Crippen LogP contribution in [0.2, 0.25) is 0 Å². The average Bonchev–Trinajstić information content (AvgIpc) is 3.13. The number of aliphatic hydroxyl groups is 3. The minimum Gasteiger partial charge on any atom is -0.505 e. The molecule has 1 aliphatic carbocycles. The van der Waals surface area contributed by atoms with Crippen molar-refractivity contribution in [2.45, 2.75) is 86.9 Å². The summed E-state index contributed by atoms with van der Waals surface area (Å²) in [5, 5.41) is 46.5. The Kier molecular flexibility index (Phi) is 13.3. The van der Waals surface area contributed by atoms with Gasteiger partial charge in [-0.25, -0.2) is 0 Å². The number of fused-ring (bicyclic) bond motifs is 3. The molecule has 15 heteroatoms. The Morgan fingerprint density at radius 3 is 2.27 bits per heavy atom. The van der Waals surface area contributed by atoms with Gasteiger partial charge in [0.2, 0.25) is 6.79 Å². The molecular weight excluding hydrogens is 718 g/mol. The van der Waals surface area contributed by atoms with Gasteiger partial charge in [-0.3, -0.25) is 24.0 Å². The number of aromatic hydroxyl groups is 1. The number of phenols is 1. The standard InChI is InChI=1S/C40H49NO14/c1-16(30(44)21(6)37-28(40(50)51-10)32(46)23(8)39(49)55-37)12-11-13-17(2)38(48)41-29-20(5)36(54-24(9)43)25-26(33(29)47)31(45)22(7)35-27(25)34(52-15-53-35)18(3)14-19(4)42/h11-14,16,21,23,28,30,32,37,39,44,46-47,49H,15H2,1-10H3,(H,41,48)/b12-11+,17-13+,18-14-/t16-,21-,23+,28-,30-,32-,37-,39-/m1/s1. The first-order chi connectivity index (χ1) is 25.7. The second-order valence-corrected chi connectivity index (χ2v) is 14.1. The molecule has 2 aliphatic heterocycles. The van der Waals surface area contributed by atoms with E-state index < -0.39 is 77.7 Å². The molecule has 1 saturated heterocycles. The zero-order chi connectivity index (χ0) is 41.2. The lowest BCUT2D eigenvalue weighted by atomic mass is 9.76. The molecule has 0 bridgehead atoms. The third kappa shape index (κ3) is 8.44. The number of esters is 2. The normalized spacial score (nSPS) is 24.6. The van der Waals surface area contributed by atoms with Gasteiger partial charge in [0.15, 0.2) is 23.6 Å². The van der Waals surface area contributed by atoms with E-state index in [2.05, 4.69) is 5.32 Å². The van der Waals surface area contributed by atoms with E-state index in [1.807, 2.05) is 0 Å². The Bertz CT molecular complexity index is 1930. The van der Waals surface area contributed by atoms with Gasteiger partial charge in [0.25, 0.3) is 5.91 Å². The van der Waals surface area contributed by atoms with Crippen LogP contribution in [-0.4, -0.2) is 88.3 Å². The van der Waals surface area contributed by atoms with Crippen LogP contribution >= 0.6 is 0 Å². The van der Waals surface area contributed by atoms with Gasteiger partial charge in [0, 0.05) is 47.0 Å². The number of ether oxygens (including phenoxy) is 5. The lowest BCUT2D eigenvalue weighted by molar-refractivity contribution is -0.262. The van der Waals surface area contributed by atoms with E-state index in [9.17, 15) is 44.4 Å². The summed E-state index contributed by atoms with van der Waals surface area (Å²) in [6.07, 6.45) is 1.10. The van der Waals surface area contributed by atoms with Crippen LogP contribution in [0.25, 0.3) is 5.57 Å². The highest BCUT2D eigenvalue weighted by Crippen LogP contribution is 2.52. The molecule has 0 unspecified atom stereocenters. The number of aliphatic hydroxyl groups excluding tert-OH is 3. The fourth-order valence-electron chi connectivity index (χ4n) is 6.98. The molecule has 1 aromatic carbocycles. The fraction of sp³-hybridized carbons (Fsp3) is 0.475. The first-order valence-electron chi connectivity index (χ1n) is 17.7. The molecule has 55 heavy (non-hydrogen) atoms. The molecule has 1 fully saturated rings. The summed E-state index contributed by atoms with van der Waals surface area (Å²) >= 11 is 0. The van der Waals surface area contributed by atoms with Gasteiger partial charge in [0.05, 0.1) is 42.2 Å². The highest BCUT2D eigenvalue weighted by molar-refractivity contribution is 6.21. The maximum absolute atomic E-state index is 13.8. The first kappa shape index (κ1) is 42.6. The van der Waals surface area contributed by atoms with Gasteiger partial charge in [-0.2, -0.15) is 0 Å². The van der Waals surface area contributed by atoms with Crippen LogP contribution in [0.3, 0.4) is 0 Å². The molecular formula is C40H49NO14. The number of carbonyl (C=O) groups is 5. The summed E-state index contributed by atoms with van der Waals surface area (Å²) in [6, 6.07) is 0. The predicted octanol–water partition coefficient (Wildman–Crippen LogP) is 3.92. The number of Topliss-reactive ketones (excluding diaryl/α,β-unsaturated/α-hetero) is 1. The van der Waals surface area contributed by atoms with Gasteiger partial charge in [0.1, 0.15) is 23.2 Å². The number of methoxy groups -OCH3 is 1. The topological polar surface area (TPSA) is 224 Å². The van der Waals surface area contributed by atoms with E-state index >= 15 is 0 Å². The monoisotopic (exact) mass is 767 g/mol. The second-order valence-electron chi connectivity index (χ2n) is 14.1. The van der Waals surface area contributed by atoms with E-state index in [1.165, 1.54) is 60.0 Å². The molecule has 15 nitrogen and oxygen atoms in total. The second kappa shape index (κ2) is 17.1. The maximum atomic E-state index is 13.8. The number of hydrogen-bond acceptors (Lipinski definition) is 14. The number of anilines is 1. The molecule has 0 spiro atoms. The minimum atomic E-state index is -1.37. The third-order valence-corrected chi connectivity index (χ3v) is 10.1. The fourth-order valence-corrected chi connectivity index (χ4v) is 6.98. The summed E-state index contributed by atoms with van der Waals surface area (Å²) in [4.78, 5) is 64.2. The molecule has 3 aliphatic rings. The number of carbonyl (C=O) groups excluding carboxylic acids is 5. The van der Waals surface area contributed by atoms with Crippen LogP contribution in [0, 0.1) is 30.6 Å². The number of phenolic OH excluding ortho intramolecular Hbond substituents is 1. The predicted molar refractivity (Wildman–Crippen MR) is 197 cm³/mol. The molecule has 0 saturated carbocycles. The summed E-state index contributed by atoms with van der Waals surface area (Å²) in [5.74, 6) is -6.78. The molecule has 5 N–H and O–H groups in total. The van der Waals surface area contributed by atoms with E-state index in [1.54, 1.807) is 26.8 Å². The van der Waals surface area contributed by atoms with E-state index in [0.29, 0.717) is 5.57 Å². The van der Waals surface area contributed by atoms with E-state index in [-0.39, 0.29) is 68.9 Å². The number of hydrogen-bond donors (Lipinski definition) is 5.